The first kappa shape index (κ1) is 15.7. The number of nitrogens with one attached hydrogen (secondary N) is 1. The van der Waals surface area contributed by atoms with E-state index in [4.69, 9.17) is 0 Å². The molecular formula is C18H25N3. The molecular weight excluding hydrogens is 258 g/mol. The fourth-order valence-electron chi connectivity index (χ4n) is 2.34. The topological polar surface area (TPSA) is 28.2 Å². The number of hydrogen-bond acceptors (Lipinski definition) is 3. The lowest BCUT2D eigenvalue weighted by atomic mass is 10.1. The predicted molar refractivity (Wildman–Crippen MR) is 87.8 cm³/mol. The van der Waals surface area contributed by atoms with Crippen LogP contribution in [0.25, 0.3) is 0 Å². The molecule has 0 spiro atoms. The van der Waals surface area contributed by atoms with Crippen LogP contribution in [-0.2, 0) is 19.6 Å². The molecule has 0 aliphatic carbocycles. The summed E-state index contributed by atoms with van der Waals surface area (Å²) in [6, 6.07) is 13.0. The van der Waals surface area contributed by atoms with E-state index in [0.717, 1.165) is 26.2 Å². The molecule has 0 amide bonds. The largest absolute Gasteiger partial charge is 0.313 e. The maximum atomic E-state index is 4.16. The lowest BCUT2D eigenvalue weighted by Crippen LogP contribution is -2.17. The first-order valence-electron chi connectivity index (χ1n) is 7.64. The molecule has 2 aromatic rings. The zero-order chi connectivity index (χ0) is 14.9. The third-order valence-corrected chi connectivity index (χ3v) is 3.41. The molecule has 0 radical (unpaired) electrons. The Morgan fingerprint density at radius 3 is 2.38 bits per heavy atom. The summed E-state index contributed by atoms with van der Waals surface area (Å²) in [5, 5.41) is 3.43. The van der Waals surface area contributed by atoms with E-state index in [9.17, 15) is 0 Å². The van der Waals surface area contributed by atoms with Crippen molar-refractivity contribution >= 4 is 0 Å². The quantitative estimate of drug-likeness (QED) is 0.754. The monoisotopic (exact) mass is 283 g/mol. The van der Waals surface area contributed by atoms with E-state index in [-0.39, 0.29) is 0 Å². The number of hydrogen-bond donors (Lipinski definition) is 1. The summed E-state index contributed by atoms with van der Waals surface area (Å²) >= 11 is 0. The van der Waals surface area contributed by atoms with Crippen molar-refractivity contribution in [2.75, 3.05) is 13.6 Å². The molecule has 0 atom stereocenters. The van der Waals surface area contributed by atoms with E-state index in [0.29, 0.717) is 0 Å². The molecule has 1 aromatic heterocycles. The third-order valence-electron chi connectivity index (χ3n) is 3.41. The van der Waals surface area contributed by atoms with Gasteiger partial charge in [0.05, 0.1) is 0 Å². The molecule has 0 bridgehead atoms. The fourth-order valence-corrected chi connectivity index (χ4v) is 2.34. The van der Waals surface area contributed by atoms with Gasteiger partial charge in [-0.3, -0.25) is 9.88 Å². The van der Waals surface area contributed by atoms with Crippen LogP contribution in [-0.4, -0.2) is 23.5 Å². The van der Waals surface area contributed by atoms with Crippen molar-refractivity contribution in [1.29, 1.82) is 0 Å². The fraction of sp³-hybridized carbons (Fsp3) is 0.389. The Hall–Kier alpha value is -1.71. The molecule has 1 N–H and O–H groups in total. The second-order valence-electron chi connectivity index (χ2n) is 5.53. The van der Waals surface area contributed by atoms with Gasteiger partial charge in [-0.1, -0.05) is 37.3 Å². The van der Waals surface area contributed by atoms with Crippen molar-refractivity contribution in [1.82, 2.24) is 15.2 Å². The summed E-state index contributed by atoms with van der Waals surface area (Å²) < 4.78 is 0. The Bertz CT molecular complexity index is 508. The molecule has 1 aromatic carbocycles. The van der Waals surface area contributed by atoms with Gasteiger partial charge in [0.15, 0.2) is 0 Å². The normalized spacial score (nSPS) is 11.0. The van der Waals surface area contributed by atoms with Gasteiger partial charge in [-0.2, -0.15) is 0 Å². The highest BCUT2D eigenvalue weighted by Crippen LogP contribution is 2.09. The van der Waals surface area contributed by atoms with E-state index < -0.39 is 0 Å². The van der Waals surface area contributed by atoms with Crippen LogP contribution in [0.1, 0.15) is 30.0 Å². The van der Waals surface area contributed by atoms with Crippen LogP contribution in [0.3, 0.4) is 0 Å². The van der Waals surface area contributed by atoms with Crippen LogP contribution < -0.4 is 5.32 Å². The number of benzene rings is 1. The highest BCUT2D eigenvalue weighted by Gasteiger charge is 2.02. The third kappa shape index (κ3) is 5.66. The second-order valence-corrected chi connectivity index (χ2v) is 5.53. The first-order chi connectivity index (χ1) is 10.3. The number of pyridine rings is 1. The average molecular weight is 283 g/mol. The van der Waals surface area contributed by atoms with Gasteiger partial charge in [-0.15, -0.1) is 0 Å². The summed E-state index contributed by atoms with van der Waals surface area (Å²) in [6.45, 7) is 6.11. The van der Waals surface area contributed by atoms with Gasteiger partial charge in [0.25, 0.3) is 0 Å². The SMILES string of the molecule is CCCNCc1ccc(CN(C)Cc2cccnc2)cc1. The maximum absolute atomic E-state index is 4.16. The molecule has 0 unspecified atom stereocenters. The smallest absolute Gasteiger partial charge is 0.0312 e. The molecule has 0 saturated carbocycles. The molecule has 21 heavy (non-hydrogen) atoms. The van der Waals surface area contributed by atoms with Crippen molar-refractivity contribution in [3.63, 3.8) is 0 Å². The van der Waals surface area contributed by atoms with Crippen LogP contribution in [0.4, 0.5) is 0 Å². The predicted octanol–water partition coefficient (Wildman–Crippen LogP) is 3.21. The highest BCUT2D eigenvalue weighted by molar-refractivity contribution is 5.22. The van der Waals surface area contributed by atoms with E-state index in [1.54, 1.807) is 0 Å². The zero-order valence-electron chi connectivity index (χ0n) is 13.0. The van der Waals surface area contributed by atoms with Crippen LogP contribution in [0.2, 0.25) is 0 Å². The zero-order valence-corrected chi connectivity index (χ0v) is 13.0. The maximum Gasteiger partial charge on any atom is 0.0312 e. The van der Waals surface area contributed by atoms with Gasteiger partial charge in [0.1, 0.15) is 0 Å². The van der Waals surface area contributed by atoms with Crippen molar-refractivity contribution in [2.24, 2.45) is 0 Å². The minimum atomic E-state index is 0.924. The summed E-state index contributed by atoms with van der Waals surface area (Å²) in [5.41, 5.74) is 3.95. The summed E-state index contributed by atoms with van der Waals surface area (Å²) in [6.07, 6.45) is 4.92. The van der Waals surface area contributed by atoms with Crippen molar-refractivity contribution < 1.29 is 0 Å². The highest BCUT2D eigenvalue weighted by atomic mass is 15.1. The molecule has 3 heteroatoms. The molecule has 1 heterocycles. The Morgan fingerprint density at radius 1 is 1.00 bits per heavy atom. The van der Waals surface area contributed by atoms with Gasteiger partial charge in [0, 0.05) is 32.0 Å². The van der Waals surface area contributed by atoms with Crippen LogP contribution in [0.15, 0.2) is 48.8 Å². The van der Waals surface area contributed by atoms with Gasteiger partial charge in [0.2, 0.25) is 0 Å². The molecule has 0 aliphatic rings. The van der Waals surface area contributed by atoms with Crippen molar-refractivity contribution in [2.45, 2.75) is 33.0 Å². The lowest BCUT2D eigenvalue weighted by Gasteiger charge is -2.16. The van der Waals surface area contributed by atoms with Gasteiger partial charge >= 0.3 is 0 Å². The van der Waals surface area contributed by atoms with Crippen molar-refractivity contribution in [3.05, 3.63) is 65.5 Å². The molecule has 2 rings (SSSR count). The molecule has 0 aliphatic heterocycles. The first-order valence-corrected chi connectivity index (χ1v) is 7.64. The number of aromatic nitrogens is 1. The minimum absolute atomic E-state index is 0.924. The van der Waals surface area contributed by atoms with E-state index in [1.165, 1.54) is 23.1 Å². The Kier molecular flexibility index (Phi) is 6.38. The lowest BCUT2D eigenvalue weighted by molar-refractivity contribution is 0.318. The van der Waals surface area contributed by atoms with Crippen LogP contribution >= 0.6 is 0 Å². The van der Waals surface area contributed by atoms with Gasteiger partial charge in [-0.05, 0) is 42.8 Å². The van der Waals surface area contributed by atoms with Crippen molar-refractivity contribution in [3.8, 4) is 0 Å². The Balaban J connectivity index is 1.82. The van der Waals surface area contributed by atoms with E-state index >= 15 is 0 Å². The summed E-state index contributed by atoms with van der Waals surface area (Å²) in [5.74, 6) is 0. The average Bonchev–Trinajstić information content (AvgIpc) is 2.50. The van der Waals surface area contributed by atoms with Crippen LogP contribution in [0.5, 0.6) is 0 Å². The summed E-state index contributed by atoms with van der Waals surface area (Å²) in [4.78, 5) is 6.47. The molecule has 112 valence electrons. The van der Waals surface area contributed by atoms with Crippen LogP contribution in [0, 0.1) is 0 Å². The number of nitrogens with zero attached hydrogens (tertiary/aromatic N) is 2. The standard InChI is InChI=1S/C18H25N3/c1-3-10-19-12-16-6-8-17(9-7-16)14-21(2)15-18-5-4-11-20-13-18/h4-9,11,13,19H,3,10,12,14-15H2,1-2H3. The minimum Gasteiger partial charge on any atom is -0.313 e. The Labute approximate surface area is 128 Å². The van der Waals surface area contributed by atoms with Gasteiger partial charge < -0.3 is 5.32 Å². The summed E-state index contributed by atoms with van der Waals surface area (Å²) in [7, 11) is 2.14. The number of rotatable bonds is 8. The van der Waals surface area contributed by atoms with Gasteiger partial charge in [-0.25, -0.2) is 0 Å². The Morgan fingerprint density at radius 2 is 1.71 bits per heavy atom. The van der Waals surface area contributed by atoms with E-state index in [1.807, 2.05) is 18.5 Å². The van der Waals surface area contributed by atoms with E-state index in [2.05, 4.69) is 59.5 Å². The molecule has 0 saturated heterocycles. The molecule has 3 nitrogen and oxygen atoms in total. The molecule has 0 fully saturated rings. The second kappa shape index (κ2) is 8.55.